The molecule has 11 heavy (non-hydrogen) atoms. The smallest absolute Gasteiger partial charge is 0.0674 e. The van der Waals surface area contributed by atoms with Crippen LogP contribution in [-0.4, -0.2) is 36.2 Å². The molecule has 1 heterocycles. The maximum Gasteiger partial charge on any atom is 0.0674 e. The Hall–Kier alpha value is -0.0800. The number of hydrogen-bond acceptors (Lipinski definition) is 2. The maximum atomic E-state index is 5.56. The van der Waals surface area contributed by atoms with Crippen LogP contribution in [0.1, 0.15) is 26.7 Å². The normalized spacial score (nSPS) is 40.9. The van der Waals surface area contributed by atoms with Gasteiger partial charge in [0.05, 0.1) is 12.7 Å². The second kappa shape index (κ2) is 2.76. The molecule has 0 aromatic heterocycles. The van der Waals surface area contributed by atoms with Gasteiger partial charge < -0.3 is 4.74 Å². The average molecular weight is 155 g/mol. The SMILES string of the molecule is CC1CN(C2CC2)C(C)CO1. The highest BCUT2D eigenvalue weighted by atomic mass is 16.5. The third kappa shape index (κ3) is 1.57. The van der Waals surface area contributed by atoms with Crippen LogP contribution in [0.5, 0.6) is 0 Å². The van der Waals surface area contributed by atoms with E-state index in [9.17, 15) is 0 Å². The van der Waals surface area contributed by atoms with Crippen LogP contribution < -0.4 is 0 Å². The summed E-state index contributed by atoms with van der Waals surface area (Å²) in [5, 5.41) is 0. The van der Waals surface area contributed by atoms with Gasteiger partial charge in [0.1, 0.15) is 0 Å². The Labute approximate surface area is 68.5 Å². The van der Waals surface area contributed by atoms with E-state index >= 15 is 0 Å². The summed E-state index contributed by atoms with van der Waals surface area (Å²) in [6.45, 7) is 6.51. The van der Waals surface area contributed by atoms with Gasteiger partial charge >= 0.3 is 0 Å². The fraction of sp³-hybridized carbons (Fsp3) is 1.00. The Bertz CT molecular complexity index is 144. The molecule has 64 valence electrons. The van der Waals surface area contributed by atoms with Crippen LogP contribution in [0.4, 0.5) is 0 Å². The van der Waals surface area contributed by atoms with Gasteiger partial charge in [-0.2, -0.15) is 0 Å². The van der Waals surface area contributed by atoms with Crippen molar-refractivity contribution in [3.63, 3.8) is 0 Å². The summed E-state index contributed by atoms with van der Waals surface area (Å²) in [5.74, 6) is 0. The lowest BCUT2D eigenvalue weighted by atomic mass is 10.2. The Morgan fingerprint density at radius 1 is 1.27 bits per heavy atom. The van der Waals surface area contributed by atoms with Gasteiger partial charge in [-0.25, -0.2) is 0 Å². The van der Waals surface area contributed by atoms with Crippen molar-refractivity contribution in [2.45, 2.75) is 44.9 Å². The van der Waals surface area contributed by atoms with Crippen molar-refractivity contribution in [1.29, 1.82) is 0 Å². The van der Waals surface area contributed by atoms with Crippen LogP contribution in [-0.2, 0) is 4.74 Å². The average Bonchev–Trinajstić information content (AvgIpc) is 2.76. The van der Waals surface area contributed by atoms with E-state index in [-0.39, 0.29) is 0 Å². The van der Waals surface area contributed by atoms with Crippen LogP contribution in [0.3, 0.4) is 0 Å². The van der Waals surface area contributed by atoms with Crippen molar-refractivity contribution in [1.82, 2.24) is 4.90 Å². The Morgan fingerprint density at radius 2 is 2.00 bits per heavy atom. The molecule has 1 saturated heterocycles. The van der Waals surface area contributed by atoms with Crippen molar-refractivity contribution < 1.29 is 4.74 Å². The first-order valence-corrected chi connectivity index (χ1v) is 4.64. The highest BCUT2D eigenvalue weighted by Crippen LogP contribution is 2.30. The minimum atomic E-state index is 0.451. The minimum absolute atomic E-state index is 0.451. The van der Waals surface area contributed by atoms with Crippen molar-refractivity contribution >= 4 is 0 Å². The molecule has 0 aromatic carbocycles. The molecule has 2 nitrogen and oxygen atoms in total. The summed E-state index contributed by atoms with van der Waals surface area (Å²) in [6.07, 6.45) is 3.28. The minimum Gasteiger partial charge on any atom is -0.376 e. The van der Waals surface area contributed by atoms with E-state index in [1.54, 1.807) is 0 Å². The van der Waals surface area contributed by atoms with Gasteiger partial charge in [0.25, 0.3) is 0 Å². The largest absolute Gasteiger partial charge is 0.376 e. The number of morpholine rings is 1. The highest BCUT2D eigenvalue weighted by Gasteiger charge is 2.35. The summed E-state index contributed by atoms with van der Waals surface area (Å²) in [5.41, 5.74) is 0. The van der Waals surface area contributed by atoms with Crippen molar-refractivity contribution in [3.8, 4) is 0 Å². The molecule has 2 atom stereocenters. The summed E-state index contributed by atoms with van der Waals surface area (Å²) in [4.78, 5) is 2.61. The van der Waals surface area contributed by atoms with E-state index in [1.165, 1.54) is 12.8 Å². The van der Waals surface area contributed by atoms with Crippen LogP contribution in [0, 0.1) is 0 Å². The third-order valence-electron chi connectivity index (χ3n) is 2.67. The zero-order valence-corrected chi connectivity index (χ0v) is 7.42. The third-order valence-corrected chi connectivity index (χ3v) is 2.67. The van der Waals surface area contributed by atoms with E-state index in [0.717, 1.165) is 19.2 Å². The first-order chi connectivity index (χ1) is 5.27. The van der Waals surface area contributed by atoms with Gasteiger partial charge in [-0.1, -0.05) is 0 Å². The molecule has 1 aliphatic heterocycles. The van der Waals surface area contributed by atoms with E-state index in [2.05, 4.69) is 18.7 Å². The van der Waals surface area contributed by atoms with Crippen LogP contribution in [0.25, 0.3) is 0 Å². The first-order valence-electron chi connectivity index (χ1n) is 4.64. The number of nitrogens with zero attached hydrogens (tertiary/aromatic N) is 1. The molecule has 0 amide bonds. The lowest BCUT2D eigenvalue weighted by Crippen LogP contribution is -2.48. The molecule has 0 spiro atoms. The maximum absolute atomic E-state index is 5.56. The molecular formula is C9H17NO. The number of hydrogen-bond donors (Lipinski definition) is 0. The van der Waals surface area contributed by atoms with E-state index in [0.29, 0.717) is 12.1 Å². The quantitative estimate of drug-likeness (QED) is 0.565. The molecule has 2 aliphatic rings. The Kier molecular flexibility index (Phi) is 1.90. The monoisotopic (exact) mass is 155 g/mol. The van der Waals surface area contributed by atoms with Crippen molar-refractivity contribution in [2.75, 3.05) is 13.2 Å². The predicted octanol–water partition coefficient (Wildman–Crippen LogP) is 1.26. The second-order valence-corrected chi connectivity index (χ2v) is 3.92. The standard InChI is InChI=1S/C9H17NO/c1-7-6-11-8(2)5-10(7)9-3-4-9/h7-9H,3-6H2,1-2H3. The van der Waals surface area contributed by atoms with Crippen molar-refractivity contribution in [3.05, 3.63) is 0 Å². The molecule has 0 N–H and O–H groups in total. The molecule has 2 heteroatoms. The first kappa shape index (κ1) is 7.56. The van der Waals surface area contributed by atoms with Gasteiger partial charge in [0, 0.05) is 18.6 Å². The lowest BCUT2D eigenvalue weighted by Gasteiger charge is -2.36. The molecule has 0 bridgehead atoms. The summed E-state index contributed by atoms with van der Waals surface area (Å²) in [6, 6.07) is 1.55. The van der Waals surface area contributed by atoms with Crippen LogP contribution in [0.15, 0.2) is 0 Å². The topological polar surface area (TPSA) is 12.5 Å². The summed E-state index contributed by atoms with van der Waals surface area (Å²) < 4.78 is 5.56. The van der Waals surface area contributed by atoms with Gasteiger partial charge in [-0.05, 0) is 26.7 Å². The Balaban J connectivity index is 1.93. The van der Waals surface area contributed by atoms with E-state index in [1.807, 2.05) is 0 Å². The zero-order valence-electron chi connectivity index (χ0n) is 7.42. The van der Waals surface area contributed by atoms with Gasteiger partial charge in [-0.3, -0.25) is 4.90 Å². The molecule has 1 aliphatic carbocycles. The Morgan fingerprint density at radius 3 is 2.64 bits per heavy atom. The predicted molar refractivity (Wildman–Crippen MR) is 44.6 cm³/mol. The molecule has 2 rings (SSSR count). The second-order valence-electron chi connectivity index (χ2n) is 3.92. The molecule has 2 unspecified atom stereocenters. The van der Waals surface area contributed by atoms with Gasteiger partial charge in [-0.15, -0.1) is 0 Å². The number of rotatable bonds is 1. The fourth-order valence-electron chi connectivity index (χ4n) is 1.84. The van der Waals surface area contributed by atoms with E-state index < -0.39 is 0 Å². The molecule has 0 aromatic rings. The molecule has 0 radical (unpaired) electrons. The van der Waals surface area contributed by atoms with Crippen LogP contribution in [0.2, 0.25) is 0 Å². The molecule has 1 saturated carbocycles. The summed E-state index contributed by atoms with van der Waals surface area (Å²) >= 11 is 0. The molecular weight excluding hydrogens is 138 g/mol. The fourth-order valence-corrected chi connectivity index (χ4v) is 1.84. The summed E-state index contributed by atoms with van der Waals surface area (Å²) in [7, 11) is 0. The number of ether oxygens (including phenoxy) is 1. The molecule has 2 fully saturated rings. The van der Waals surface area contributed by atoms with Gasteiger partial charge in [0.2, 0.25) is 0 Å². The van der Waals surface area contributed by atoms with Crippen molar-refractivity contribution in [2.24, 2.45) is 0 Å². The van der Waals surface area contributed by atoms with Gasteiger partial charge in [0.15, 0.2) is 0 Å². The zero-order chi connectivity index (χ0) is 7.84. The highest BCUT2D eigenvalue weighted by molar-refractivity contribution is 4.90. The lowest BCUT2D eigenvalue weighted by molar-refractivity contribution is -0.0527. The van der Waals surface area contributed by atoms with E-state index in [4.69, 9.17) is 4.74 Å². The van der Waals surface area contributed by atoms with Crippen LogP contribution >= 0.6 is 0 Å².